The molecule has 0 saturated carbocycles. The molecule has 2 heterocycles. The van der Waals surface area contributed by atoms with Crippen LogP contribution in [-0.4, -0.2) is 87.9 Å². The Hall–Kier alpha value is -3.66. The van der Waals surface area contributed by atoms with Crippen molar-refractivity contribution in [1.82, 2.24) is 8.61 Å². The van der Waals surface area contributed by atoms with Crippen molar-refractivity contribution < 1.29 is 35.9 Å². The number of hydrogen-bond donors (Lipinski definition) is 2. The molecule has 2 amide bonds. The third kappa shape index (κ3) is 7.91. The van der Waals surface area contributed by atoms with Crippen LogP contribution in [0.15, 0.2) is 76.5 Å². The smallest absolute Gasteiger partial charge is 0.255 e. The first-order valence-electron chi connectivity index (χ1n) is 15.4. The van der Waals surface area contributed by atoms with Gasteiger partial charge in [-0.2, -0.15) is 8.61 Å². The van der Waals surface area contributed by atoms with Gasteiger partial charge in [-0.3, -0.25) is 9.59 Å². The van der Waals surface area contributed by atoms with Gasteiger partial charge in [-0.05, 0) is 101 Å². The molecule has 2 saturated heterocycles. The standard InChI is InChI=1S/C33H40N4O8S2/c1-21-6-11-28(34-32(38)26-7-12-29(13-8-26)46(40,41)36-17-22(2)44-23(3)18-36)16-31(21)35-33(39)27-9-14-30(15-10-27)47(42,43)37-19-24(4)45-25(5)20-37/h6-16,22-25H,17-20H2,1-5H3,(H,34,38)(H,35,39)/t22-,23+,24-,25-/m0/s1. The van der Waals surface area contributed by atoms with Crippen molar-refractivity contribution in [2.75, 3.05) is 36.8 Å². The Bertz CT molecular complexity index is 1830. The molecule has 5 rings (SSSR count). The molecule has 0 spiro atoms. The molecule has 0 radical (unpaired) electrons. The van der Waals surface area contributed by atoms with Crippen LogP contribution < -0.4 is 10.6 Å². The average molecular weight is 685 g/mol. The number of hydrogen-bond acceptors (Lipinski definition) is 8. The molecule has 14 heteroatoms. The highest BCUT2D eigenvalue weighted by Gasteiger charge is 2.33. The van der Waals surface area contributed by atoms with E-state index >= 15 is 0 Å². The van der Waals surface area contributed by atoms with Crippen LogP contribution in [0.25, 0.3) is 0 Å². The summed E-state index contributed by atoms with van der Waals surface area (Å²) in [6, 6.07) is 16.5. The number of ether oxygens (including phenoxy) is 2. The van der Waals surface area contributed by atoms with E-state index in [9.17, 15) is 26.4 Å². The van der Waals surface area contributed by atoms with E-state index in [1.807, 2.05) is 27.7 Å². The van der Waals surface area contributed by atoms with Crippen molar-refractivity contribution in [2.45, 2.75) is 68.8 Å². The summed E-state index contributed by atoms with van der Waals surface area (Å²) < 4.78 is 66.8. The fourth-order valence-corrected chi connectivity index (χ4v) is 8.92. The summed E-state index contributed by atoms with van der Waals surface area (Å²) in [4.78, 5) is 26.3. The number of carbonyl (C=O) groups excluding carboxylic acids is 2. The summed E-state index contributed by atoms with van der Waals surface area (Å²) in [6.07, 6.45) is -0.886. The van der Waals surface area contributed by atoms with Gasteiger partial charge in [0.2, 0.25) is 20.0 Å². The lowest BCUT2D eigenvalue weighted by Gasteiger charge is -2.34. The van der Waals surface area contributed by atoms with Crippen LogP contribution in [0.1, 0.15) is 54.0 Å². The van der Waals surface area contributed by atoms with Crippen molar-refractivity contribution in [3.05, 3.63) is 83.4 Å². The van der Waals surface area contributed by atoms with E-state index in [1.54, 1.807) is 25.1 Å². The maximum absolute atomic E-state index is 13.2. The minimum atomic E-state index is -3.75. The molecule has 252 valence electrons. The van der Waals surface area contributed by atoms with Gasteiger partial charge in [0.25, 0.3) is 11.8 Å². The molecule has 2 fully saturated rings. The lowest BCUT2D eigenvalue weighted by molar-refractivity contribution is -0.0442. The van der Waals surface area contributed by atoms with Crippen molar-refractivity contribution in [1.29, 1.82) is 0 Å². The molecular formula is C33H40N4O8S2. The number of nitrogens with one attached hydrogen (secondary N) is 2. The summed E-state index contributed by atoms with van der Waals surface area (Å²) in [7, 11) is -7.50. The Kier molecular flexibility index (Phi) is 10.2. The molecule has 0 aromatic heterocycles. The van der Waals surface area contributed by atoms with Gasteiger partial charge in [0.15, 0.2) is 0 Å². The SMILES string of the molecule is Cc1ccc(NC(=O)c2ccc(S(=O)(=O)N3C[C@@H](C)O[C@@H](C)C3)cc2)cc1NC(=O)c1ccc(S(=O)(=O)N2C[C@H](C)O[C@@H](C)C2)cc1. The van der Waals surface area contributed by atoms with E-state index < -0.39 is 31.9 Å². The van der Waals surface area contributed by atoms with Gasteiger partial charge in [0, 0.05) is 48.7 Å². The summed E-state index contributed by atoms with van der Waals surface area (Å²) in [5.41, 5.74) is 2.13. The van der Waals surface area contributed by atoms with Crippen LogP contribution >= 0.6 is 0 Å². The number of sulfonamides is 2. The number of carbonyl (C=O) groups is 2. The van der Waals surface area contributed by atoms with E-state index in [0.29, 0.717) is 11.4 Å². The number of aryl methyl sites for hydroxylation is 1. The molecule has 12 nitrogen and oxygen atoms in total. The minimum Gasteiger partial charge on any atom is -0.373 e. The van der Waals surface area contributed by atoms with E-state index in [4.69, 9.17) is 9.47 Å². The number of morpholine rings is 2. The van der Waals surface area contributed by atoms with E-state index in [0.717, 1.165) is 5.56 Å². The molecule has 0 unspecified atom stereocenters. The number of anilines is 2. The Morgan fingerprint density at radius 3 is 1.40 bits per heavy atom. The quantitative estimate of drug-likeness (QED) is 0.360. The number of amides is 2. The lowest BCUT2D eigenvalue weighted by Crippen LogP contribution is -2.48. The zero-order chi connectivity index (χ0) is 34.1. The van der Waals surface area contributed by atoms with E-state index in [1.165, 1.54) is 57.1 Å². The Morgan fingerprint density at radius 2 is 1.00 bits per heavy atom. The molecular weight excluding hydrogens is 645 g/mol. The van der Waals surface area contributed by atoms with Gasteiger partial charge in [0.1, 0.15) is 0 Å². The third-order valence-corrected chi connectivity index (χ3v) is 11.7. The molecule has 0 bridgehead atoms. The highest BCUT2D eigenvalue weighted by molar-refractivity contribution is 7.89. The van der Waals surface area contributed by atoms with Crippen LogP contribution in [0.4, 0.5) is 11.4 Å². The molecule has 4 atom stereocenters. The first-order chi connectivity index (χ1) is 22.1. The van der Waals surface area contributed by atoms with Crippen LogP contribution in [-0.2, 0) is 29.5 Å². The molecule has 2 aliphatic rings. The topological polar surface area (TPSA) is 151 Å². The highest BCUT2D eigenvalue weighted by atomic mass is 32.2. The van der Waals surface area contributed by atoms with Crippen LogP contribution in [0.5, 0.6) is 0 Å². The zero-order valence-electron chi connectivity index (χ0n) is 27.0. The largest absolute Gasteiger partial charge is 0.373 e. The van der Waals surface area contributed by atoms with Crippen LogP contribution in [0, 0.1) is 6.92 Å². The van der Waals surface area contributed by atoms with Gasteiger partial charge in [-0.25, -0.2) is 16.8 Å². The second-order valence-corrected chi connectivity index (χ2v) is 16.0. The highest BCUT2D eigenvalue weighted by Crippen LogP contribution is 2.25. The summed E-state index contributed by atoms with van der Waals surface area (Å²) in [5.74, 6) is -0.903. The fraction of sp³-hybridized carbons (Fsp3) is 0.394. The van der Waals surface area contributed by atoms with Gasteiger partial charge >= 0.3 is 0 Å². The predicted octanol–water partition coefficient (Wildman–Crippen LogP) is 4.10. The molecule has 0 aliphatic carbocycles. The minimum absolute atomic E-state index is 0.0895. The Morgan fingerprint density at radius 1 is 0.617 bits per heavy atom. The number of benzene rings is 3. The summed E-state index contributed by atoms with van der Waals surface area (Å²) in [6.45, 7) is 10.1. The summed E-state index contributed by atoms with van der Waals surface area (Å²) in [5, 5.41) is 5.61. The molecule has 3 aromatic rings. The lowest BCUT2D eigenvalue weighted by atomic mass is 10.1. The second-order valence-electron chi connectivity index (χ2n) is 12.1. The number of nitrogens with zero attached hydrogens (tertiary/aromatic N) is 2. The van der Waals surface area contributed by atoms with Crippen LogP contribution in [0.2, 0.25) is 0 Å². The van der Waals surface area contributed by atoms with Crippen molar-refractivity contribution in [2.24, 2.45) is 0 Å². The predicted molar refractivity (Wildman–Crippen MR) is 178 cm³/mol. The van der Waals surface area contributed by atoms with Gasteiger partial charge in [0.05, 0.1) is 34.2 Å². The first-order valence-corrected chi connectivity index (χ1v) is 18.3. The van der Waals surface area contributed by atoms with Crippen LogP contribution in [0.3, 0.4) is 0 Å². The normalized spacial score (nSPS) is 22.8. The maximum Gasteiger partial charge on any atom is 0.255 e. The second kappa shape index (κ2) is 13.8. The fourth-order valence-electron chi connectivity index (χ4n) is 5.74. The summed E-state index contributed by atoms with van der Waals surface area (Å²) >= 11 is 0. The van der Waals surface area contributed by atoms with Gasteiger partial charge < -0.3 is 20.1 Å². The average Bonchev–Trinajstić information content (AvgIpc) is 3.02. The van der Waals surface area contributed by atoms with E-state index in [2.05, 4.69) is 10.6 Å². The van der Waals surface area contributed by atoms with E-state index in [-0.39, 0.29) is 71.5 Å². The molecule has 47 heavy (non-hydrogen) atoms. The monoisotopic (exact) mass is 684 g/mol. The van der Waals surface area contributed by atoms with Gasteiger partial charge in [-0.1, -0.05) is 6.07 Å². The third-order valence-electron chi connectivity index (χ3n) is 8.02. The molecule has 2 aliphatic heterocycles. The zero-order valence-corrected chi connectivity index (χ0v) is 28.6. The van der Waals surface area contributed by atoms with Crippen molar-refractivity contribution >= 4 is 43.2 Å². The number of rotatable bonds is 8. The Balaban J connectivity index is 1.23. The molecule has 3 aromatic carbocycles. The molecule has 2 N–H and O–H groups in total. The van der Waals surface area contributed by atoms with Crippen molar-refractivity contribution in [3.63, 3.8) is 0 Å². The van der Waals surface area contributed by atoms with Crippen molar-refractivity contribution in [3.8, 4) is 0 Å². The maximum atomic E-state index is 13.2. The van der Waals surface area contributed by atoms with Gasteiger partial charge in [-0.15, -0.1) is 0 Å². The first kappa shape index (κ1) is 34.7. The Labute approximate surface area is 276 Å².